The van der Waals surface area contributed by atoms with E-state index < -0.39 is 0 Å². The zero-order valence-electron chi connectivity index (χ0n) is 14.7. The van der Waals surface area contributed by atoms with E-state index in [2.05, 4.69) is 34.1 Å². The molecule has 126 valence electrons. The molecule has 2 rings (SSSR count). The molecule has 1 atom stereocenters. The fraction of sp³-hybridized carbons (Fsp3) is 0.667. The third-order valence-electron chi connectivity index (χ3n) is 3.79. The normalized spacial score (nSPS) is 12.7. The Hall–Kier alpha value is -2.25. The number of amides is 1. The summed E-state index contributed by atoms with van der Waals surface area (Å²) < 4.78 is 3.75. The van der Waals surface area contributed by atoms with E-state index in [-0.39, 0.29) is 17.9 Å². The molecule has 0 aromatic carbocycles. The highest BCUT2D eigenvalue weighted by molar-refractivity contribution is 5.78. The first-order valence-electron chi connectivity index (χ1n) is 7.81. The van der Waals surface area contributed by atoms with Gasteiger partial charge in [0, 0.05) is 13.1 Å². The summed E-state index contributed by atoms with van der Waals surface area (Å²) in [5.41, 5.74) is 0. The lowest BCUT2D eigenvalue weighted by Crippen LogP contribution is -2.34. The highest BCUT2D eigenvalue weighted by Gasteiger charge is 2.21. The molecule has 2 aromatic heterocycles. The molecule has 2 heterocycles. The predicted molar refractivity (Wildman–Crippen MR) is 85.5 cm³/mol. The standard InChI is InChI=1S/C15H25N7O/c1-10(2)21-9-16-18-14(21)8-20(6)15(23)11(3)7-22-13(5)17-12(4)19-22/h9-11H,7-8H2,1-6H3/t11-/m1/s1. The predicted octanol–water partition coefficient (Wildman–Crippen LogP) is 1.36. The van der Waals surface area contributed by atoms with Gasteiger partial charge in [0.2, 0.25) is 5.91 Å². The second kappa shape index (κ2) is 6.89. The van der Waals surface area contributed by atoms with Crippen molar-refractivity contribution in [3.63, 3.8) is 0 Å². The van der Waals surface area contributed by atoms with Crippen molar-refractivity contribution in [2.45, 2.75) is 53.8 Å². The van der Waals surface area contributed by atoms with E-state index >= 15 is 0 Å². The van der Waals surface area contributed by atoms with Gasteiger partial charge in [0.15, 0.2) is 5.82 Å². The number of aryl methyl sites for hydroxylation is 2. The quantitative estimate of drug-likeness (QED) is 0.803. The Labute approximate surface area is 136 Å². The van der Waals surface area contributed by atoms with Gasteiger partial charge in [-0.3, -0.25) is 4.79 Å². The van der Waals surface area contributed by atoms with Crippen LogP contribution >= 0.6 is 0 Å². The fourth-order valence-corrected chi connectivity index (χ4v) is 2.55. The summed E-state index contributed by atoms with van der Waals surface area (Å²) in [6.45, 7) is 10.7. The van der Waals surface area contributed by atoms with Crippen LogP contribution in [0.2, 0.25) is 0 Å². The lowest BCUT2D eigenvalue weighted by molar-refractivity contribution is -0.134. The molecule has 0 N–H and O–H groups in total. The number of carbonyl (C=O) groups excluding carboxylic acids is 1. The van der Waals surface area contributed by atoms with Crippen molar-refractivity contribution in [1.29, 1.82) is 0 Å². The van der Waals surface area contributed by atoms with Gasteiger partial charge in [-0.05, 0) is 27.7 Å². The summed E-state index contributed by atoms with van der Waals surface area (Å²) in [5.74, 6) is 2.20. The first kappa shape index (κ1) is 17.1. The number of hydrogen-bond acceptors (Lipinski definition) is 5. The Bertz CT molecular complexity index is 673. The third kappa shape index (κ3) is 3.94. The molecule has 23 heavy (non-hydrogen) atoms. The van der Waals surface area contributed by atoms with Crippen molar-refractivity contribution in [3.05, 3.63) is 23.8 Å². The Morgan fingerprint density at radius 2 is 2.00 bits per heavy atom. The summed E-state index contributed by atoms with van der Waals surface area (Å²) in [7, 11) is 1.79. The van der Waals surface area contributed by atoms with Crippen molar-refractivity contribution in [2.24, 2.45) is 5.92 Å². The highest BCUT2D eigenvalue weighted by atomic mass is 16.2. The zero-order valence-corrected chi connectivity index (χ0v) is 14.7. The van der Waals surface area contributed by atoms with E-state index in [1.54, 1.807) is 23.0 Å². The average molecular weight is 319 g/mol. The van der Waals surface area contributed by atoms with E-state index in [1.165, 1.54) is 0 Å². The Balaban J connectivity index is 2.01. The molecule has 0 radical (unpaired) electrons. The maximum absolute atomic E-state index is 12.6. The summed E-state index contributed by atoms with van der Waals surface area (Å²) in [5, 5.41) is 12.4. The first-order valence-corrected chi connectivity index (χ1v) is 7.81. The van der Waals surface area contributed by atoms with Crippen molar-refractivity contribution < 1.29 is 4.79 Å². The Morgan fingerprint density at radius 3 is 2.57 bits per heavy atom. The van der Waals surface area contributed by atoms with Crippen LogP contribution in [0, 0.1) is 19.8 Å². The van der Waals surface area contributed by atoms with Crippen molar-refractivity contribution in [1.82, 2.24) is 34.4 Å². The number of rotatable bonds is 6. The molecule has 0 saturated heterocycles. The summed E-state index contributed by atoms with van der Waals surface area (Å²) in [6, 6.07) is 0.265. The van der Waals surface area contributed by atoms with Gasteiger partial charge in [0.25, 0.3) is 0 Å². The minimum absolute atomic E-state index is 0.0517. The van der Waals surface area contributed by atoms with Crippen molar-refractivity contribution >= 4 is 5.91 Å². The lowest BCUT2D eigenvalue weighted by Gasteiger charge is -2.22. The minimum atomic E-state index is -0.185. The zero-order chi connectivity index (χ0) is 17.1. The second-order valence-electron chi connectivity index (χ2n) is 6.23. The maximum atomic E-state index is 12.6. The Morgan fingerprint density at radius 1 is 1.30 bits per heavy atom. The van der Waals surface area contributed by atoms with Crippen LogP contribution in [-0.2, 0) is 17.9 Å². The van der Waals surface area contributed by atoms with Crippen LogP contribution in [0.15, 0.2) is 6.33 Å². The second-order valence-corrected chi connectivity index (χ2v) is 6.23. The smallest absolute Gasteiger partial charge is 0.227 e. The monoisotopic (exact) mass is 319 g/mol. The molecule has 8 nitrogen and oxygen atoms in total. The number of aromatic nitrogens is 6. The van der Waals surface area contributed by atoms with E-state index in [0.717, 1.165) is 17.5 Å². The van der Waals surface area contributed by atoms with Gasteiger partial charge in [-0.1, -0.05) is 6.92 Å². The van der Waals surface area contributed by atoms with Gasteiger partial charge in [-0.25, -0.2) is 9.67 Å². The number of carbonyl (C=O) groups is 1. The SMILES string of the molecule is Cc1nc(C)n(C[C@@H](C)C(=O)N(C)Cc2nncn2C(C)C)n1. The first-order chi connectivity index (χ1) is 10.8. The van der Waals surface area contributed by atoms with Crippen LogP contribution in [0.1, 0.15) is 44.3 Å². The molecule has 2 aromatic rings. The summed E-state index contributed by atoms with van der Waals surface area (Å²) in [6.07, 6.45) is 1.70. The van der Waals surface area contributed by atoms with E-state index in [1.807, 2.05) is 25.3 Å². The topological polar surface area (TPSA) is 81.7 Å². The van der Waals surface area contributed by atoms with Crippen LogP contribution in [0.4, 0.5) is 0 Å². The molecule has 8 heteroatoms. The van der Waals surface area contributed by atoms with E-state index in [4.69, 9.17) is 0 Å². The molecule has 0 spiro atoms. The van der Waals surface area contributed by atoms with E-state index in [0.29, 0.717) is 13.1 Å². The summed E-state index contributed by atoms with van der Waals surface area (Å²) in [4.78, 5) is 18.5. The number of hydrogen-bond donors (Lipinski definition) is 0. The molecule has 0 aliphatic carbocycles. The third-order valence-corrected chi connectivity index (χ3v) is 3.79. The molecular weight excluding hydrogens is 294 g/mol. The molecule has 0 aliphatic rings. The van der Waals surface area contributed by atoms with Crippen LogP contribution in [0.3, 0.4) is 0 Å². The van der Waals surface area contributed by atoms with Gasteiger partial charge >= 0.3 is 0 Å². The van der Waals surface area contributed by atoms with Crippen LogP contribution in [-0.4, -0.2) is 47.4 Å². The largest absolute Gasteiger partial charge is 0.338 e. The van der Waals surface area contributed by atoms with Gasteiger partial charge < -0.3 is 9.47 Å². The van der Waals surface area contributed by atoms with Crippen molar-refractivity contribution in [3.8, 4) is 0 Å². The van der Waals surface area contributed by atoms with Crippen molar-refractivity contribution in [2.75, 3.05) is 7.05 Å². The van der Waals surface area contributed by atoms with Gasteiger partial charge in [0.1, 0.15) is 18.0 Å². The Kier molecular flexibility index (Phi) is 5.12. The van der Waals surface area contributed by atoms with Crippen LogP contribution < -0.4 is 0 Å². The molecule has 0 aliphatic heterocycles. The fourth-order valence-electron chi connectivity index (χ4n) is 2.55. The summed E-state index contributed by atoms with van der Waals surface area (Å²) >= 11 is 0. The maximum Gasteiger partial charge on any atom is 0.227 e. The molecule has 0 saturated carbocycles. The minimum Gasteiger partial charge on any atom is -0.338 e. The number of nitrogens with zero attached hydrogens (tertiary/aromatic N) is 7. The van der Waals surface area contributed by atoms with E-state index in [9.17, 15) is 4.79 Å². The van der Waals surface area contributed by atoms with Gasteiger partial charge in [-0.2, -0.15) is 5.10 Å². The van der Waals surface area contributed by atoms with Crippen LogP contribution in [0.5, 0.6) is 0 Å². The molecule has 1 amide bonds. The van der Waals surface area contributed by atoms with Gasteiger partial charge in [0.05, 0.1) is 19.0 Å². The molecular formula is C15H25N7O. The van der Waals surface area contributed by atoms with Crippen LogP contribution in [0.25, 0.3) is 0 Å². The highest BCUT2D eigenvalue weighted by Crippen LogP contribution is 2.12. The molecule has 0 fully saturated rings. The van der Waals surface area contributed by atoms with Gasteiger partial charge in [-0.15, -0.1) is 10.2 Å². The molecule has 0 bridgehead atoms. The average Bonchev–Trinajstić information content (AvgIpc) is 3.04. The lowest BCUT2D eigenvalue weighted by atomic mass is 10.1. The molecule has 0 unspecified atom stereocenters.